The highest BCUT2D eigenvalue weighted by Gasteiger charge is 2.35. The summed E-state index contributed by atoms with van der Waals surface area (Å²) >= 11 is 8.83. The lowest BCUT2D eigenvalue weighted by molar-refractivity contribution is -0.128. The molecular formula is C15H12Br2N2OS. The van der Waals surface area contributed by atoms with E-state index in [-0.39, 0.29) is 11.3 Å². The summed E-state index contributed by atoms with van der Waals surface area (Å²) in [6.07, 6.45) is 1.76. The summed E-state index contributed by atoms with van der Waals surface area (Å²) in [6.45, 7) is 0.533. The first-order valence-corrected chi connectivity index (χ1v) is 9.05. The average molecular weight is 428 g/mol. The molecule has 1 amide bonds. The van der Waals surface area contributed by atoms with Crippen molar-refractivity contribution in [1.29, 1.82) is 0 Å². The molecule has 0 saturated carbocycles. The number of benzene rings is 1. The Balaban J connectivity index is 1.93. The van der Waals surface area contributed by atoms with Gasteiger partial charge in [-0.3, -0.25) is 9.78 Å². The maximum Gasteiger partial charge on any atom is 0.234 e. The number of carbonyl (C=O) groups is 1. The van der Waals surface area contributed by atoms with E-state index >= 15 is 0 Å². The van der Waals surface area contributed by atoms with E-state index < -0.39 is 0 Å². The molecule has 0 spiro atoms. The van der Waals surface area contributed by atoms with E-state index in [1.54, 1.807) is 18.0 Å². The van der Waals surface area contributed by atoms with Crippen LogP contribution in [0.4, 0.5) is 0 Å². The Hall–Kier alpha value is -0.850. The number of amides is 1. The largest absolute Gasteiger partial charge is 0.320 e. The van der Waals surface area contributed by atoms with E-state index in [0.717, 1.165) is 20.2 Å². The lowest BCUT2D eigenvalue weighted by Crippen LogP contribution is -2.28. The molecular weight excluding hydrogens is 416 g/mol. The van der Waals surface area contributed by atoms with Crippen LogP contribution in [0, 0.1) is 0 Å². The molecule has 1 aliphatic heterocycles. The van der Waals surface area contributed by atoms with Crippen LogP contribution in [-0.4, -0.2) is 21.5 Å². The molecule has 0 aliphatic carbocycles. The number of pyridine rings is 1. The number of carbonyl (C=O) groups excluding carboxylic acids is 1. The van der Waals surface area contributed by atoms with Crippen molar-refractivity contribution in [2.24, 2.45) is 0 Å². The summed E-state index contributed by atoms with van der Waals surface area (Å²) in [7, 11) is 0. The average Bonchev–Trinajstić information content (AvgIpc) is 2.82. The first kappa shape index (κ1) is 15.1. The van der Waals surface area contributed by atoms with Crippen LogP contribution in [0.3, 0.4) is 0 Å². The van der Waals surface area contributed by atoms with Crippen LogP contribution >= 0.6 is 43.6 Å². The Bertz CT molecular complexity index is 646. The maximum atomic E-state index is 12.2. The van der Waals surface area contributed by atoms with E-state index in [2.05, 4.69) is 36.8 Å². The summed E-state index contributed by atoms with van der Waals surface area (Å²) in [5.41, 5.74) is 2.01. The highest BCUT2D eigenvalue weighted by molar-refractivity contribution is 9.11. The second-order valence-corrected chi connectivity index (χ2v) is 7.42. The van der Waals surface area contributed by atoms with E-state index in [9.17, 15) is 4.79 Å². The third-order valence-corrected chi connectivity index (χ3v) is 5.88. The summed E-state index contributed by atoms with van der Waals surface area (Å²) in [4.78, 5) is 18.4. The molecule has 1 atom stereocenters. The van der Waals surface area contributed by atoms with Crippen molar-refractivity contribution in [2.75, 3.05) is 5.75 Å². The molecule has 1 aromatic carbocycles. The van der Waals surface area contributed by atoms with Crippen LogP contribution in [0.2, 0.25) is 0 Å². The van der Waals surface area contributed by atoms with Crippen molar-refractivity contribution < 1.29 is 4.79 Å². The van der Waals surface area contributed by atoms with E-state index in [1.807, 2.05) is 41.3 Å². The normalized spacial score (nSPS) is 18.3. The topological polar surface area (TPSA) is 33.2 Å². The first-order chi connectivity index (χ1) is 10.2. The van der Waals surface area contributed by atoms with Crippen molar-refractivity contribution in [2.45, 2.75) is 11.9 Å². The zero-order valence-electron chi connectivity index (χ0n) is 11.0. The fourth-order valence-electron chi connectivity index (χ4n) is 2.28. The molecule has 1 fully saturated rings. The van der Waals surface area contributed by atoms with Crippen LogP contribution in [-0.2, 0) is 11.3 Å². The Morgan fingerprint density at radius 2 is 1.95 bits per heavy atom. The minimum Gasteiger partial charge on any atom is -0.320 e. The second-order valence-electron chi connectivity index (χ2n) is 4.64. The Morgan fingerprint density at radius 3 is 2.62 bits per heavy atom. The highest BCUT2D eigenvalue weighted by Crippen LogP contribution is 2.45. The van der Waals surface area contributed by atoms with Gasteiger partial charge in [-0.05, 0) is 24.3 Å². The number of nitrogens with zero attached hydrogens (tertiary/aromatic N) is 2. The predicted molar refractivity (Wildman–Crippen MR) is 91.8 cm³/mol. The maximum absolute atomic E-state index is 12.2. The van der Waals surface area contributed by atoms with Gasteiger partial charge in [0, 0.05) is 20.7 Å². The second kappa shape index (κ2) is 6.50. The SMILES string of the molecule is O=C1CSC(c2c(Br)cccc2Br)N1Cc1ccccn1. The number of hydrogen-bond donors (Lipinski definition) is 0. The lowest BCUT2D eigenvalue weighted by atomic mass is 10.2. The van der Waals surface area contributed by atoms with Crippen LogP contribution in [0.1, 0.15) is 16.6 Å². The van der Waals surface area contributed by atoms with Gasteiger partial charge in [-0.2, -0.15) is 0 Å². The molecule has 6 heteroatoms. The minimum atomic E-state index is 0.00413. The van der Waals surface area contributed by atoms with Crippen molar-refractivity contribution in [1.82, 2.24) is 9.88 Å². The molecule has 2 aromatic rings. The van der Waals surface area contributed by atoms with Crippen molar-refractivity contribution in [3.63, 3.8) is 0 Å². The zero-order valence-corrected chi connectivity index (χ0v) is 15.0. The van der Waals surface area contributed by atoms with E-state index in [0.29, 0.717) is 12.3 Å². The van der Waals surface area contributed by atoms with E-state index in [4.69, 9.17) is 0 Å². The number of hydrogen-bond acceptors (Lipinski definition) is 3. The van der Waals surface area contributed by atoms with Crippen LogP contribution in [0.25, 0.3) is 0 Å². The van der Waals surface area contributed by atoms with Gasteiger partial charge in [0.25, 0.3) is 0 Å². The first-order valence-electron chi connectivity index (χ1n) is 6.41. The molecule has 0 N–H and O–H groups in total. The van der Waals surface area contributed by atoms with Gasteiger partial charge in [-0.25, -0.2) is 0 Å². The van der Waals surface area contributed by atoms with E-state index in [1.165, 1.54) is 0 Å². The summed E-state index contributed by atoms with van der Waals surface area (Å²) < 4.78 is 2.02. The number of rotatable bonds is 3. The quantitative estimate of drug-likeness (QED) is 0.728. The fourth-order valence-corrected chi connectivity index (χ4v) is 5.27. The molecule has 1 unspecified atom stereocenters. The van der Waals surface area contributed by atoms with Gasteiger partial charge in [-0.15, -0.1) is 11.8 Å². The van der Waals surface area contributed by atoms with Gasteiger partial charge < -0.3 is 4.90 Å². The fraction of sp³-hybridized carbons (Fsp3) is 0.200. The molecule has 3 nitrogen and oxygen atoms in total. The van der Waals surface area contributed by atoms with Crippen LogP contribution in [0.5, 0.6) is 0 Å². The van der Waals surface area contributed by atoms with Gasteiger partial charge in [0.2, 0.25) is 5.91 Å². The standard InChI is InChI=1S/C15H12Br2N2OS/c16-11-5-3-6-12(17)14(11)15-19(13(20)9-21-15)8-10-4-1-2-7-18-10/h1-7,15H,8-9H2. The Labute approximate surface area is 144 Å². The van der Waals surface area contributed by atoms with Gasteiger partial charge in [0.1, 0.15) is 5.37 Å². The molecule has 21 heavy (non-hydrogen) atoms. The molecule has 108 valence electrons. The summed E-state index contributed by atoms with van der Waals surface area (Å²) in [5, 5.41) is 0.00413. The zero-order chi connectivity index (χ0) is 14.8. The summed E-state index contributed by atoms with van der Waals surface area (Å²) in [5.74, 6) is 0.656. The lowest BCUT2D eigenvalue weighted by Gasteiger charge is -2.25. The molecule has 0 radical (unpaired) electrons. The van der Waals surface area contributed by atoms with Gasteiger partial charge in [-0.1, -0.05) is 44.0 Å². The molecule has 1 aromatic heterocycles. The van der Waals surface area contributed by atoms with Gasteiger partial charge in [0.15, 0.2) is 0 Å². The molecule has 1 saturated heterocycles. The third-order valence-electron chi connectivity index (χ3n) is 3.27. The monoisotopic (exact) mass is 426 g/mol. The van der Waals surface area contributed by atoms with Crippen molar-refractivity contribution in [3.05, 3.63) is 62.8 Å². The van der Waals surface area contributed by atoms with Crippen LogP contribution < -0.4 is 0 Å². The van der Waals surface area contributed by atoms with Crippen LogP contribution in [0.15, 0.2) is 51.5 Å². The Kier molecular flexibility index (Phi) is 4.66. The number of aromatic nitrogens is 1. The van der Waals surface area contributed by atoms with Gasteiger partial charge >= 0.3 is 0 Å². The molecule has 1 aliphatic rings. The van der Waals surface area contributed by atoms with Crippen molar-refractivity contribution >= 4 is 49.5 Å². The number of thioether (sulfide) groups is 1. The molecule has 3 rings (SSSR count). The highest BCUT2D eigenvalue weighted by atomic mass is 79.9. The van der Waals surface area contributed by atoms with Crippen molar-refractivity contribution in [3.8, 4) is 0 Å². The smallest absolute Gasteiger partial charge is 0.234 e. The third kappa shape index (κ3) is 3.17. The number of halogens is 2. The molecule has 0 bridgehead atoms. The summed E-state index contributed by atoms with van der Waals surface area (Å²) in [6, 6.07) is 11.8. The molecule has 2 heterocycles. The minimum absolute atomic E-state index is 0.00413. The van der Waals surface area contributed by atoms with Gasteiger partial charge in [0.05, 0.1) is 18.0 Å². The predicted octanol–water partition coefficient (Wildman–Crippen LogP) is 4.38. The Morgan fingerprint density at radius 1 is 1.19 bits per heavy atom.